The molecule has 1 fully saturated rings. The quantitative estimate of drug-likeness (QED) is 0.887. The Morgan fingerprint density at radius 1 is 1.14 bits per heavy atom. The molecule has 0 aromatic carbocycles. The highest BCUT2D eigenvalue weighted by Gasteiger charge is 2.19. The number of hydrogen-bond acceptors (Lipinski definition) is 6. The maximum Gasteiger partial charge on any atom is 0.140 e. The lowest BCUT2D eigenvalue weighted by Crippen LogP contribution is -2.46. The number of pyridine rings is 1. The molecule has 7 heteroatoms. The smallest absolute Gasteiger partial charge is 0.140 e. The van der Waals surface area contributed by atoms with Crippen molar-refractivity contribution in [1.82, 2.24) is 24.6 Å². The van der Waals surface area contributed by atoms with E-state index in [0.717, 1.165) is 50.9 Å². The first kappa shape index (κ1) is 13.8. The van der Waals surface area contributed by atoms with Crippen LogP contribution in [0, 0.1) is 0 Å². The van der Waals surface area contributed by atoms with Crippen LogP contribution in [-0.4, -0.2) is 50.8 Å². The minimum atomic E-state index is 0.705. The average Bonchev–Trinajstić information content (AvgIpc) is 2.96. The maximum absolute atomic E-state index is 5.68. The van der Waals surface area contributed by atoms with Crippen molar-refractivity contribution >= 4 is 11.5 Å². The molecular formula is C14H21N7. The van der Waals surface area contributed by atoms with Crippen molar-refractivity contribution in [3.05, 3.63) is 30.5 Å². The normalized spacial score (nSPS) is 16.3. The Morgan fingerprint density at radius 2 is 1.95 bits per heavy atom. The fourth-order valence-corrected chi connectivity index (χ4v) is 2.59. The van der Waals surface area contributed by atoms with Crippen LogP contribution in [0.3, 0.4) is 0 Å². The highest BCUT2D eigenvalue weighted by molar-refractivity contribution is 5.46. The van der Waals surface area contributed by atoms with Gasteiger partial charge in [-0.15, -0.1) is 0 Å². The molecule has 7 nitrogen and oxygen atoms in total. The van der Waals surface area contributed by atoms with Crippen molar-refractivity contribution in [3.8, 4) is 0 Å². The third-order valence-corrected chi connectivity index (χ3v) is 3.83. The summed E-state index contributed by atoms with van der Waals surface area (Å²) in [4.78, 5) is 13.4. The lowest BCUT2D eigenvalue weighted by molar-refractivity contribution is 0.239. The van der Waals surface area contributed by atoms with E-state index in [2.05, 4.69) is 31.8 Å². The number of hydrogen-bond donors (Lipinski definition) is 1. The van der Waals surface area contributed by atoms with Gasteiger partial charge in [-0.2, -0.15) is 5.10 Å². The van der Waals surface area contributed by atoms with E-state index in [9.17, 15) is 0 Å². The van der Waals surface area contributed by atoms with E-state index in [0.29, 0.717) is 5.69 Å². The molecule has 2 N–H and O–H groups in total. The molecule has 2 aromatic heterocycles. The number of nitrogens with zero attached hydrogens (tertiary/aromatic N) is 6. The second-order valence-corrected chi connectivity index (χ2v) is 5.20. The van der Waals surface area contributed by atoms with E-state index >= 15 is 0 Å². The Labute approximate surface area is 124 Å². The van der Waals surface area contributed by atoms with Crippen LogP contribution in [0.5, 0.6) is 0 Å². The van der Waals surface area contributed by atoms with Crippen LogP contribution in [0.25, 0.3) is 0 Å². The molecule has 1 aliphatic rings. The molecule has 2 aromatic rings. The van der Waals surface area contributed by atoms with Gasteiger partial charge in [-0.05, 0) is 19.1 Å². The van der Waals surface area contributed by atoms with Gasteiger partial charge >= 0.3 is 0 Å². The van der Waals surface area contributed by atoms with Gasteiger partial charge in [0, 0.05) is 32.7 Å². The molecule has 0 bridgehead atoms. The number of aromatic nitrogens is 4. The predicted molar refractivity (Wildman–Crippen MR) is 81.8 cm³/mol. The van der Waals surface area contributed by atoms with Crippen LogP contribution in [0.1, 0.15) is 12.7 Å². The summed E-state index contributed by atoms with van der Waals surface area (Å²) >= 11 is 0. The summed E-state index contributed by atoms with van der Waals surface area (Å²) in [6, 6.07) is 3.89. The van der Waals surface area contributed by atoms with Gasteiger partial charge in [-0.1, -0.05) is 0 Å². The van der Waals surface area contributed by atoms with Crippen LogP contribution < -0.4 is 10.6 Å². The molecule has 0 unspecified atom stereocenters. The fourth-order valence-electron chi connectivity index (χ4n) is 2.59. The van der Waals surface area contributed by atoms with Gasteiger partial charge in [-0.25, -0.2) is 14.6 Å². The number of piperazine rings is 1. The zero-order chi connectivity index (χ0) is 14.7. The fraction of sp³-hybridized carbons (Fsp3) is 0.500. The second kappa shape index (κ2) is 6.09. The third kappa shape index (κ3) is 3.13. The van der Waals surface area contributed by atoms with Gasteiger partial charge in [0.15, 0.2) is 0 Å². The van der Waals surface area contributed by atoms with Crippen molar-refractivity contribution in [2.75, 3.05) is 36.8 Å². The summed E-state index contributed by atoms with van der Waals surface area (Å²) in [5.41, 5.74) is 6.38. The van der Waals surface area contributed by atoms with Gasteiger partial charge in [0.2, 0.25) is 0 Å². The molecule has 0 spiro atoms. The molecular weight excluding hydrogens is 266 g/mol. The first-order valence-corrected chi connectivity index (χ1v) is 7.32. The largest absolute Gasteiger partial charge is 0.397 e. The lowest BCUT2D eigenvalue weighted by Gasteiger charge is -2.35. The Morgan fingerprint density at radius 3 is 2.62 bits per heavy atom. The van der Waals surface area contributed by atoms with Crippen LogP contribution >= 0.6 is 0 Å². The molecule has 1 saturated heterocycles. The molecule has 21 heavy (non-hydrogen) atoms. The Kier molecular flexibility index (Phi) is 4.01. The zero-order valence-electron chi connectivity index (χ0n) is 12.3. The van der Waals surface area contributed by atoms with Crippen LogP contribution in [0.2, 0.25) is 0 Å². The molecule has 0 saturated carbocycles. The molecule has 0 amide bonds. The minimum Gasteiger partial charge on any atom is -0.397 e. The Bertz CT molecular complexity index is 569. The molecule has 0 aliphatic carbocycles. The predicted octanol–water partition coefficient (Wildman–Crippen LogP) is 0.597. The van der Waals surface area contributed by atoms with Gasteiger partial charge in [0.1, 0.15) is 18.0 Å². The van der Waals surface area contributed by atoms with E-state index in [-0.39, 0.29) is 0 Å². The molecule has 1 aliphatic heterocycles. The van der Waals surface area contributed by atoms with E-state index in [4.69, 9.17) is 5.73 Å². The summed E-state index contributed by atoms with van der Waals surface area (Å²) in [7, 11) is 0. The van der Waals surface area contributed by atoms with Crippen molar-refractivity contribution < 1.29 is 0 Å². The standard InChI is InChI=1S/C14H21N7/c1-2-21-14(17-11-18-21)10-19-5-7-20(8-6-19)13-4-3-12(15)9-16-13/h3-4,9,11H,2,5-8,10,15H2,1H3. The van der Waals surface area contributed by atoms with Crippen molar-refractivity contribution in [1.29, 1.82) is 0 Å². The van der Waals surface area contributed by atoms with Gasteiger partial charge in [-0.3, -0.25) is 4.90 Å². The van der Waals surface area contributed by atoms with E-state index in [1.54, 1.807) is 12.5 Å². The first-order valence-electron chi connectivity index (χ1n) is 7.32. The number of anilines is 2. The van der Waals surface area contributed by atoms with E-state index in [1.807, 2.05) is 16.8 Å². The number of aryl methyl sites for hydroxylation is 1. The number of nitrogen functional groups attached to an aromatic ring is 1. The number of nitrogens with two attached hydrogens (primary N) is 1. The first-order chi connectivity index (χ1) is 10.3. The maximum atomic E-state index is 5.68. The van der Waals surface area contributed by atoms with Gasteiger partial charge in [0.25, 0.3) is 0 Å². The molecule has 3 heterocycles. The second-order valence-electron chi connectivity index (χ2n) is 5.20. The zero-order valence-corrected chi connectivity index (χ0v) is 12.3. The molecule has 0 radical (unpaired) electrons. The van der Waals surface area contributed by atoms with E-state index in [1.165, 1.54) is 0 Å². The van der Waals surface area contributed by atoms with Crippen LogP contribution in [0.15, 0.2) is 24.7 Å². The Balaban J connectivity index is 1.56. The van der Waals surface area contributed by atoms with Gasteiger partial charge in [0.05, 0.1) is 18.4 Å². The third-order valence-electron chi connectivity index (χ3n) is 3.83. The monoisotopic (exact) mass is 287 g/mol. The lowest BCUT2D eigenvalue weighted by atomic mass is 10.3. The molecule has 0 atom stereocenters. The summed E-state index contributed by atoms with van der Waals surface area (Å²) in [6.45, 7) is 7.75. The summed E-state index contributed by atoms with van der Waals surface area (Å²) < 4.78 is 1.95. The van der Waals surface area contributed by atoms with Crippen LogP contribution in [-0.2, 0) is 13.1 Å². The highest BCUT2D eigenvalue weighted by Crippen LogP contribution is 2.15. The summed E-state index contributed by atoms with van der Waals surface area (Å²) in [5, 5.41) is 4.22. The Hall–Kier alpha value is -2.15. The number of rotatable bonds is 4. The van der Waals surface area contributed by atoms with Crippen LogP contribution in [0.4, 0.5) is 11.5 Å². The van der Waals surface area contributed by atoms with Crippen molar-refractivity contribution in [3.63, 3.8) is 0 Å². The summed E-state index contributed by atoms with van der Waals surface area (Å²) in [5.74, 6) is 2.04. The topological polar surface area (TPSA) is 76.1 Å². The highest BCUT2D eigenvalue weighted by atomic mass is 15.4. The average molecular weight is 287 g/mol. The SMILES string of the molecule is CCn1ncnc1CN1CCN(c2ccc(N)cn2)CC1. The van der Waals surface area contributed by atoms with Gasteiger partial charge < -0.3 is 10.6 Å². The van der Waals surface area contributed by atoms with E-state index < -0.39 is 0 Å². The summed E-state index contributed by atoms with van der Waals surface area (Å²) in [6.07, 6.45) is 3.35. The van der Waals surface area contributed by atoms with Crippen molar-refractivity contribution in [2.24, 2.45) is 0 Å². The van der Waals surface area contributed by atoms with Crippen molar-refractivity contribution in [2.45, 2.75) is 20.0 Å². The molecule has 112 valence electrons. The minimum absolute atomic E-state index is 0.705. The molecule has 3 rings (SSSR count).